The lowest BCUT2D eigenvalue weighted by Crippen LogP contribution is -2.32. The predicted molar refractivity (Wildman–Crippen MR) is 74.6 cm³/mol. The average Bonchev–Trinajstić information content (AvgIpc) is 2.85. The molecule has 1 aromatic rings. The first-order valence-corrected chi connectivity index (χ1v) is 7.37. The molecule has 8 heteroatoms. The number of thiazole rings is 1. The van der Waals surface area contributed by atoms with Gasteiger partial charge in [0.05, 0.1) is 6.54 Å². The minimum Gasteiger partial charge on any atom is -0.370 e. The van der Waals surface area contributed by atoms with E-state index in [1.165, 1.54) is 6.42 Å². The van der Waals surface area contributed by atoms with Crippen LogP contribution in [0.2, 0.25) is 0 Å². The summed E-state index contributed by atoms with van der Waals surface area (Å²) in [6.07, 6.45) is 0.0620. The third kappa shape index (κ3) is 6.23. The van der Waals surface area contributed by atoms with Gasteiger partial charge in [0.15, 0.2) is 11.7 Å². The van der Waals surface area contributed by atoms with Crippen molar-refractivity contribution in [1.82, 2.24) is 10.3 Å². The number of rotatable bonds is 7. The molecule has 0 fully saturated rings. The van der Waals surface area contributed by atoms with Gasteiger partial charge >= 0.3 is 6.18 Å². The van der Waals surface area contributed by atoms with Crippen molar-refractivity contribution < 1.29 is 13.2 Å². The number of hydrogen-bond acceptors (Lipinski definition) is 3. The number of aliphatic imine (C=N–C) groups is 1. The van der Waals surface area contributed by atoms with Gasteiger partial charge < -0.3 is 11.1 Å². The smallest absolute Gasteiger partial charge is 0.370 e. The van der Waals surface area contributed by atoms with Crippen LogP contribution < -0.4 is 11.1 Å². The molecule has 0 bridgehead atoms. The molecule has 1 aromatic heterocycles. The molecule has 0 atom stereocenters. The summed E-state index contributed by atoms with van der Waals surface area (Å²) in [7, 11) is 0. The van der Waals surface area contributed by atoms with Crippen molar-refractivity contribution in [3.8, 4) is 0 Å². The second-order valence-electron chi connectivity index (χ2n) is 4.31. The van der Waals surface area contributed by atoms with Crippen LogP contribution in [0, 0.1) is 0 Å². The molecule has 0 aliphatic heterocycles. The summed E-state index contributed by atoms with van der Waals surface area (Å²) in [6.45, 7) is 2.92. The van der Waals surface area contributed by atoms with Gasteiger partial charge in [-0.2, -0.15) is 13.2 Å². The van der Waals surface area contributed by atoms with Crippen molar-refractivity contribution in [2.75, 3.05) is 6.54 Å². The van der Waals surface area contributed by atoms with Crippen LogP contribution in [0.1, 0.15) is 43.3 Å². The fourth-order valence-corrected chi connectivity index (χ4v) is 2.21. The van der Waals surface area contributed by atoms with E-state index in [9.17, 15) is 13.2 Å². The quantitative estimate of drug-likeness (QED) is 0.462. The van der Waals surface area contributed by atoms with Gasteiger partial charge in [-0.15, -0.1) is 11.3 Å². The molecule has 0 spiro atoms. The average molecular weight is 308 g/mol. The SMILES string of the molecule is CCCCCCNC(N)=NCc1nc(C(F)(F)F)cs1. The highest BCUT2D eigenvalue weighted by molar-refractivity contribution is 7.09. The fourth-order valence-electron chi connectivity index (χ4n) is 1.49. The van der Waals surface area contributed by atoms with Crippen LogP contribution >= 0.6 is 11.3 Å². The number of unbranched alkanes of at least 4 members (excludes halogenated alkanes) is 3. The second kappa shape index (κ2) is 8.08. The molecule has 114 valence electrons. The summed E-state index contributed by atoms with van der Waals surface area (Å²) in [5, 5.41) is 4.22. The zero-order valence-corrected chi connectivity index (χ0v) is 12.2. The maximum absolute atomic E-state index is 12.3. The van der Waals surface area contributed by atoms with E-state index in [2.05, 4.69) is 22.2 Å². The lowest BCUT2D eigenvalue weighted by Gasteiger charge is -2.04. The molecule has 20 heavy (non-hydrogen) atoms. The molecule has 0 aliphatic rings. The molecule has 0 saturated heterocycles. The minimum atomic E-state index is -4.40. The van der Waals surface area contributed by atoms with Gasteiger partial charge in [0.25, 0.3) is 0 Å². The Morgan fingerprint density at radius 2 is 2.15 bits per heavy atom. The summed E-state index contributed by atoms with van der Waals surface area (Å²) in [4.78, 5) is 7.45. The molecule has 0 aliphatic carbocycles. The summed E-state index contributed by atoms with van der Waals surface area (Å²) in [5.74, 6) is 0.241. The third-order valence-electron chi connectivity index (χ3n) is 2.56. The molecule has 3 N–H and O–H groups in total. The predicted octanol–water partition coefficient (Wildman–Crippen LogP) is 3.15. The van der Waals surface area contributed by atoms with Crippen LogP contribution in [-0.4, -0.2) is 17.5 Å². The van der Waals surface area contributed by atoms with Crippen molar-refractivity contribution in [3.05, 3.63) is 16.1 Å². The number of nitrogens with two attached hydrogens (primary N) is 1. The van der Waals surface area contributed by atoms with Gasteiger partial charge in [-0.3, -0.25) is 0 Å². The Balaban J connectivity index is 2.33. The van der Waals surface area contributed by atoms with E-state index in [4.69, 9.17) is 5.73 Å². The Hall–Kier alpha value is -1.31. The van der Waals surface area contributed by atoms with E-state index >= 15 is 0 Å². The van der Waals surface area contributed by atoms with Gasteiger partial charge in [0.2, 0.25) is 0 Å². The number of aromatic nitrogens is 1. The van der Waals surface area contributed by atoms with E-state index in [0.717, 1.165) is 42.5 Å². The summed E-state index contributed by atoms with van der Waals surface area (Å²) in [6, 6.07) is 0. The number of hydrogen-bond donors (Lipinski definition) is 2. The van der Waals surface area contributed by atoms with Crippen molar-refractivity contribution in [2.45, 2.75) is 45.3 Å². The van der Waals surface area contributed by atoms with Gasteiger partial charge in [0, 0.05) is 11.9 Å². The Bertz CT molecular complexity index is 429. The number of nitrogens with zero attached hydrogens (tertiary/aromatic N) is 2. The van der Waals surface area contributed by atoms with Crippen LogP contribution in [0.15, 0.2) is 10.4 Å². The van der Waals surface area contributed by atoms with Gasteiger partial charge in [-0.05, 0) is 6.42 Å². The summed E-state index contributed by atoms with van der Waals surface area (Å²) >= 11 is 0.932. The third-order valence-corrected chi connectivity index (χ3v) is 3.40. The minimum absolute atomic E-state index is 0.0640. The molecule has 1 heterocycles. The monoisotopic (exact) mass is 308 g/mol. The standard InChI is InChI=1S/C12H19F3N4S/c1-2-3-4-5-6-17-11(16)18-7-10-19-9(8-20-10)12(13,14)15/h8H,2-7H2,1H3,(H3,16,17,18). The zero-order chi connectivity index (χ0) is 15.0. The van der Waals surface area contributed by atoms with Crippen LogP contribution in [0.3, 0.4) is 0 Å². The van der Waals surface area contributed by atoms with Crippen LogP contribution in [0.4, 0.5) is 13.2 Å². The fraction of sp³-hybridized carbons (Fsp3) is 0.667. The maximum Gasteiger partial charge on any atom is 0.434 e. The second-order valence-corrected chi connectivity index (χ2v) is 5.26. The van der Waals surface area contributed by atoms with E-state index in [0.29, 0.717) is 5.01 Å². The van der Waals surface area contributed by atoms with E-state index in [-0.39, 0.29) is 12.5 Å². The molecule has 0 unspecified atom stereocenters. The molecular formula is C12H19F3N4S. The first kappa shape index (κ1) is 16.7. The highest BCUT2D eigenvalue weighted by Gasteiger charge is 2.33. The molecule has 0 saturated carbocycles. The molecular weight excluding hydrogens is 289 g/mol. The Kier molecular flexibility index (Phi) is 6.77. The van der Waals surface area contributed by atoms with Gasteiger partial charge in [-0.1, -0.05) is 26.2 Å². The van der Waals surface area contributed by atoms with E-state index in [1.54, 1.807) is 0 Å². The zero-order valence-electron chi connectivity index (χ0n) is 11.3. The van der Waals surface area contributed by atoms with Crippen molar-refractivity contribution in [2.24, 2.45) is 10.7 Å². The number of alkyl halides is 3. The molecule has 0 amide bonds. The Labute approximate surface area is 120 Å². The van der Waals surface area contributed by atoms with Gasteiger partial charge in [0.1, 0.15) is 5.01 Å². The molecule has 0 radical (unpaired) electrons. The Morgan fingerprint density at radius 1 is 1.40 bits per heavy atom. The van der Waals surface area contributed by atoms with Crippen LogP contribution in [0.5, 0.6) is 0 Å². The van der Waals surface area contributed by atoms with Crippen molar-refractivity contribution in [1.29, 1.82) is 0 Å². The first-order chi connectivity index (χ1) is 9.43. The topological polar surface area (TPSA) is 63.3 Å². The largest absolute Gasteiger partial charge is 0.434 e. The first-order valence-electron chi connectivity index (χ1n) is 6.49. The molecule has 4 nitrogen and oxygen atoms in total. The van der Waals surface area contributed by atoms with Crippen LogP contribution in [-0.2, 0) is 12.7 Å². The summed E-state index contributed by atoms with van der Waals surface area (Å²) in [5.41, 5.74) is 4.75. The van der Waals surface area contributed by atoms with Crippen LogP contribution in [0.25, 0.3) is 0 Å². The number of halogens is 3. The highest BCUT2D eigenvalue weighted by atomic mass is 32.1. The highest BCUT2D eigenvalue weighted by Crippen LogP contribution is 2.30. The molecule has 0 aromatic carbocycles. The van der Waals surface area contributed by atoms with E-state index < -0.39 is 11.9 Å². The number of guanidine groups is 1. The van der Waals surface area contributed by atoms with E-state index in [1.807, 2.05) is 0 Å². The number of nitrogens with one attached hydrogen (secondary N) is 1. The Morgan fingerprint density at radius 3 is 2.75 bits per heavy atom. The lowest BCUT2D eigenvalue weighted by atomic mass is 10.2. The maximum atomic E-state index is 12.3. The normalized spacial score (nSPS) is 12.7. The molecule has 1 rings (SSSR count). The van der Waals surface area contributed by atoms with Crippen molar-refractivity contribution in [3.63, 3.8) is 0 Å². The van der Waals surface area contributed by atoms with Crippen molar-refractivity contribution >= 4 is 17.3 Å². The summed E-state index contributed by atoms with van der Waals surface area (Å²) < 4.78 is 37.0. The lowest BCUT2D eigenvalue weighted by molar-refractivity contribution is -0.140. The van der Waals surface area contributed by atoms with Gasteiger partial charge in [-0.25, -0.2) is 9.98 Å².